The van der Waals surface area contributed by atoms with E-state index < -0.39 is 0 Å². The van der Waals surface area contributed by atoms with Crippen LogP contribution in [0, 0.1) is 18.8 Å². The molecule has 2 atom stereocenters. The summed E-state index contributed by atoms with van der Waals surface area (Å²) in [6, 6.07) is 9.83. The van der Waals surface area contributed by atoms with Crippen LogP contribution >= 0.6 is 0 Å². The minimum Gasteiger partial charge on any atom is -0.484 e. The number of nitrogens with zero attached hydrogens (tertiary/aromatic N) is 3. The van der Waals surface area contributed by atoms with Gasteiger partial charge in [-0.25, -0.2) is 0 Å². The van der Waals surface area contributed by atoms with E-state index in [0.29, 0.717) is 24.6 Å². The fourth-order valence-electron chi connectivity index (χ4n) is 4.49. The normalized spacial score (nSPS) is 22.7. The molecule has 0 unspecified atom stereocenters. The number of hydrogen-bond acceptors (Lipinski definition) is 6. The van der Waals surface area contributed by atoms with Gasteiger partial charge in [0.15, 0.2) is 6.61 Å². The number of benzene rings is 1. The van der Waals surface area contributed by atoms with Gasteiger partial charge in [-0.2, -0.15) is 0 Å². The van der Waals surface area contributed by atoms with Crippen LogP contribution in [0.4, 0.5) is 0 Å². The van der Waals surface area contributed by atoms with E-state index in [1.807, 2.05) is 42.2 Å². The molecule has 168 valence electrons. The SMILES string of the molecule is Cc1cc(C[C@@H]2CN(Cc3ccc(OCC(=O)N4CCC(C)CC4)cc3)C[C@H]2O)on1. The number of aryl methyl sites for hydroxylation is 1. The Morgan fingerprint density at radius 2 is 1.97 bits per heavy atom. The zero-order valence-electron chi connectivity index (χ0n) is 18.5. The van der Waals surface area contributed by atoms with Crippen LogP contribution in [0.2, 0.25) is 0 Å². The number of β-amino-alcohol motifs (C(OH)–C–C–N with tert-alkyl or cyclic N) is 1. The Labute approximate surface area is 184 Å². The summed E-state index contributed by atoms with van der Waals surface area (Å²) in [7, 11) is 0. The zero-order valence-corrected chi connectivity index (χ0v) is 18.5. The number of amides is 1. The summed E-state index contributed by atoms with van der Waals surface area (Å²) in [5.74, 6) is 2.46. The van der Waals surface area contributed by atoms with Crippen LogP contribution in [0.1, 0.15) is 36.8 Å². The molecule has 0 aliphatic carbocycles. The second-order valence-electron chi connectivity index (χ2n) is 9.16. The van der Waals surface area contributed by atoms with Gasteiger partial charge in [0.2, 0.25) is 0 Å². The first-order valence-electron chi connectivity index (χ1n) is 11.3. The van der Waals surface area contributed by atoms with Crippen LogP contribution in [-0.2, 0) is 17.8 Å². The van der Waals surface area contributed by atoms with Gasteiger partial charge in [-0.3, -0.25) is 9.69 Å². The van der Waals surface area contributed by atoms with E-state index in [1.165, 1.54) is 0 Å². The third kappa shape index (κ3) is 5.86. The van der Waals surface area contributed by atoms with E-state index in [4.69, 9.17) is 9.26 Å². The van der Waals surface area contributed by atoms with E-state index in [2.05, 4.69) is 17.0 Å². The Morgan fingerprint density at radius 3 is 2.65 bits per heavy atom. The molecule has 3 heterocycles. The van der Waals surface area contributed by atoms with Crippen LogP contribution in [0.25, 0.3) is 0 Å². The van der Waals surface area contributed by atoms with Gasteiger partial charge in [-0.15, -0.1) is 0 Å². The first-order valence-corrected chi connectivity index (χ1v) is 11.3. The third-order valence-electron chi connectivity index (χ3n) is 6.45. The summed E-state index contributed by atoms with van der Waals surface area (Å²) in [4.78, 5) is 16.5. The van der Waals surface area contributed by atoms with Crippen LogP contribution in [-0.4, -0.2) is 64.9 Å². The predicted octanol–water partition coefficient (Wildman–Crippen LogP) is 2.66. The molecule has 0 spiro atoms. The van der Waals surface area contributed by atoms with Gasteiger partial charge in [0.05, 0.1) is 11.8 Å². The lowest BCUT2D eigenvalue weighted by Crippen LogP contribution is -2.40. The van der Waals surface area contributed by atoms with Crippen LogP contribution in [0.15, 0.2) is 34.9 Å². The van der Waals surface area contributed by atoms with Crippen molar-refractivity contribution in [3.63, 3.8) is 0 Å². The van der Waals surface area contributed by atoms with E-state index >= 15 is 0 Å². The van der Waals surface area contributed by atoms with Crippen molar-refractivity contribution in [2.24, 2.45) is 11.8 Å². The molecule has 2 saturated heterocycles. The zero-order chi connectivity index (χ0) is 21.8. The lowest BCUT2D eigenvalue weighted by Gasteiger charge is -2.30. The summed E-state index contributed by atoms with van der Waals surface area (Å²) in [6.45, 7) is 8.15. The Morgan fingerprint density at radius 1 is 1.23 bits per heavy atom. The molecule has 7 heteroatoms. The molecule has 1 amide bonds. The number of carbonyl (C=O) groups excluding carboxylic acids is 1. The molecule has 2 fully saturated rings. The third-order valence-corrected chi connectivity index (χ3v) is 6.45. The highest BCUT2D eigenvalue weighted by Crippen LogP contribution is 2.24. The lowest BCUT2D eigenvalue weighted by atomic mass is 9.99. The summed E-state index contributed by atoms with van der Waals surface area (Å²) < 4.78 is 11.0. The Hall–Kier alpha value is -2.38. The number of aliphatic hydroxyl groups is 1. The average Bonchev–Trinajstić information content (AvgIpc) is 3.32. The molecular formula is C24H33N3O4. The number of ether oxygens (including phenoxy) is 1. The monoisotopic (exact) mass is 427 g/mol. The molecule has 2 aromatic rings. The van der Waals surface area contributed by atoms with Gasteiger partial charge in [-0.1, -0.05) is 24.2 Å². The number of aromatic nitrogens is 1. The van der Waals surface area contributed by atoms with Crippen LogP contribution in [0.3, 0.4) is 0 Å². The summed E-state index contributed by atoms with van der Waals surface area (Å²) in [6.07, 6.45) is 2.49. The fraction of sp³-hybridized carbons (Fsp3) is 0.583. The second-order valence-corrected chi connectivity index (χ2v) is 9.16. The number of hydrogen-bond donors (Lipinski definition) is 1. The van der Waals surface area contributed by atoms with Crippen molar-refractivity contribution in [3.8, 4) is 5.75 Å². The molecule has 0 saturated carbocycles. The summed E-state index contributed by atoms with van der Waals surface area (Å²) >= 11 is 0. The van der Waals surface area contributed by atoms with Gasteiger partial charge in [0.1, 0.15) is 11.5 Å². The maximum atomic E-state index is 12.3. The van der Waals surface area contributed by atoms with Gasteiger partial charge in [0, 0.05) is 51.1 Å². The fourth-order valence-corrected chi connectivity index (χ4v) is 4.49. The number of rotatable bonds is 7. The minimum atomic E-state index is -0.364. The highest BCUT2D eigenvalue weighted by Gasteiger charge is 2.32. The first-order chi connectivity index (χ1) is 15.0. The number of piperidine rings is 1. The molecular weight excluding hydrogens is 394 g/mol. The Bertz CT molecular complexity index is 858. The van der Waals surface area contributed by atoms with E-state index in [0.717, 1.165) is 56.0 Å². The smallest absolute Gasteiger partial charge is 0.260 e. The Kier molecular flexibility index (Phi) is 6.92. The van der Waals surface area contributed by atoms with E-state index in [9.17, 15) is 9.90 Å². The van der Waals surface area contributed by atoms with Gasteiger partial charge in [0.25, 0.3) is 5.91 Å². The van der Waals surface area contributed by atoms with Gasteiger partial charge in [-0.05, 0) is 43.4 Å². The molecule has 4 rings (SSSR count). The number of aliphatic hydroxyl groups excluding tert-OH is 1. The molecule has 1 aromatic heterocycles. The quantitative estimate of drug-likeness (QED) is 0.732. The maximum absolute atomic E-state index is 12.3. The summed E-state index contributed by atoms with van der Waals surface area (Å²) in [5, 5.41) is 14.4. The molecule has 2 aliphatic heterocycles. The van der Waals surface area contributed by atoms with E-state index in [1.54, 1.807) is 0 Å². The van der Waals surface area contributed by atoms with E-state index in [-0.39, 0.29) is 24.5 Å². The highest BCUT2D eigenvalue weighted by molar-refractivity contribution is 5.77. The lowest BCUT2D eigenvalue weighted by molar-refractivity contribution is -0.134. The molecule has 1 N–H and O–H groups in total. The second kappa shape index (κ2) is 9.83. The van der Waals surface area contributed by atoms with Crippen molar-refractivity contribution < 1.29 is 19.2 Å². The Balaban J connectivity index is 1.22. The van der Waals surface area contributed by atoms with Crippen molar-refractivity contribution in [2.75, 3.05) is 32.8 Å². The van der Waals surface area contributed by atoms with Crippen molar-refractivity contribution in [1.29, 1.82) is 0 Å². The first kappa shape index (κ1) is 21.8. The average molecular weight is 428 g/mol. The molecule has 31 heavy (non-hydrogen) atoms. The number of likely N-dealkylation sites (tertiary alicyclic amines) is 2. The van der Waals surface area contributed by atoms with Crippen molar-refractivity contribution in [1.82, 2.24) is 15.0 Å². The predicted molar refractivity (Wildman–Crippen MR) is 117 cm³/mol. The van der Waals surface area contributed by atoms with Crippen molar-refractivity contribution >= 4 is 5.91 Å². The maximum Gasteiger partial charge on any atom is 0.260 e. The van der Waals surface area contributed by atoms with Gasteiger partial charge >= 0.3 is 0 Å². The van der Waals surface area contributed by atoms with Crippen LogP contribution in [0.5, 0.6) is 5.75 Å². The molecule has 7 nitrogen and oxygen atoms in total. The summed E-state index contributed by atoms with van der Waals surface area (Å²) in [5.41, 5.74) is 2.03. The molecule has 0 radical (unpaired) electrons. The van der Waals surface area contributed by atoms with Crippen molar-refractivity contribution in [3.05, 3.63) is 47.3 Å². The molecule has 2 aliphatic rings. The number of carbonyl (C=O) groups is 1. The largest absolute Gasteiger partial charge is 0.484 e. The minimum absolute atomic E-state index is 0.0648. The molecule has 0 bridgehead atoms. The van der Waals surface area contributed by atoms with Crippen LogP contribution < -0.4 is 4.74 Å². The van der Waals surface area contributed by atoms with Crippen molar-refractivity contribution in [2.45, 2.75) is 45.8 Å². The highest BCUT2D eigenvalue weighted by atomic mass is 16.5. The molecule has 1 aromatic carbocycles. The topological polar surface area (TPSA) is 79.0 Å². The standard InChI is InChI=1S/C24H33N3O4/c1-17-7-9-27(10-8-17)24(29)16-30-21-5-3-19(4-6-21)13-26-14-20(23(28)15-26)12-22-11-18(2)25-31-22/h3-6,11,17,20,23,28H,7-10,12-16H2,1-2H3/t20-,23-/m1/s1. The van der Waals surface area contributed by atoms with Gasteiger partial charge < -0.3 is 19.3 Å².